The van der Waals surface area contributed by atoms with Crippen LogP contribution >= 0.6 is 0 Å². The maximum atomic E-state index is 13.2. The number of hydrogen-bond donors (Lipinski definition) is 6. The van der Waals surface area contributed by atoms with Crippen LogP contribution in [-0.4, -0.2) is 79.6 Å². The molecule has 9 heteroatoms. The zero-order chi connectivity index (χ0) is 14.5. The van der Waals surface area contributed by atoms with Gasteiger partial charge in [0, 0.05) is 6.42 Å². The molecule has 0 aromatic rings. The van der Waals surface area contributed by atoms with Crippen LogP contribution in [0, 0.1) is 0 Å². The summed E-state index contributed by atoms with van der Waals surface area (Å²) < 4.78 is 13.2. The summed E-state index contributed by atoms with van der Waals surface area (Å²) in [6, 6.07) is 0. The van der Waals surface area contributed by atoms with Crippen LogP contribution in [0.2, 0.25) is 0 Å². The molecule has 0 radical (unpaired) electrons. The third-order valence-electron chi connectivity index (χ3n) is 2.26. The zero-order valence-electron chi connectivity index (χ0n) is 9.18. The Kier molecular flexibility index (Phi) is 6.88. The smallest absolute Gasteiger partial charge is 0.372 e. The summed E-state index contributed by atoms with van der Waals surface area (Å²) in [7, 11) is 0. The molecule has 0 rings (SSSR count). The lowest BCUT2D eigenvalue weighted by molar-refractivity contribution is -0.153. The topological polar surface area (TPSA) is 156 Å². The molecule has 5 atom stereocenters. The van der Waals surface area contributed by atoms with Crippen LogP contribution in [0.4, 0.5) is 4.39 Å². The number of carbonyl (C=O) groups is 2. The van der Waals surface area contributed by atoms with Crippen molar-refractivity contribution in [1.82, 2.24) is 0 Å². The van der Waals surface area contributed by atoms with Crippen LogP contribution in [-0.2, 0) is 9.59 Å². The van der Waals surface area contributed by atoms with Gasteiger partial charge in [-0.05, 0) is 0 Å². The normalized spacial score (nSPS) is 19.7. The number of carbonyl (C=O) groups excluding carboxylic acids is 1. The van der Waals surface area contributed by atoms with Gasteiger partial charge in [-0.25, -0.2) is 9.18 Å². The molecule has 0 saturated carbocycles. The van der Waals surface area contributed by atoms with Crippen LogP contribution < -0.4 is 0 Å². The van der Waals surface area contributed by atoms with Gasteiger partial charge in [-0.15, -0.1) is 0 Å². The minimum atomic E-state index is -2.46. The van der Waals surface area contributed by atoms with E-state index in [-0.39, 0.29) is 0 Å². The van der Waals surface area contributed by atoms with E-state index in [0.717, 1.165) is 0 Å². The first-order valence-electron chi connectivity index (χ1n) is 4.95. The molecule has 0 saturated heterocycles. The van der Waals surface area contributed by atoms with Crippen molar-refractivity contribution in [3.05, 3.63) is 0 Å². The first-order valence-corrected chi connectivity index (χ1v) is 4.95. The van der Waals surface area contributed by atoms with E-state index in [1.54, 1.807) is 0 Å². The molecule has 8 nitrogen and oxygen atoms in total. The highest BCUT2D eigenvalue weighted by Gasteiger charge is 2.36. The largest absolute Gasteiger partial charge is 0.475 e. The lowest BCUT2D eigenvalue weighted by atomic mass is 9.97. The summed E-state index contributed by atoms with van der Waals surface area (Å²) >= 11 is 0. The molecule has 0 aromatic heterocycles. The monoisotopic (exact) mass is 270 g/mol. The van der Waals surface area contributed by atoms with E-state index in [1.807, 2.05) is 0 Å². The SMILES string of the molecule is O=C(O)C(=O)C[C@H](O)[C@@H](O)[C@@H](O)[C@H](F)[C@H](O)CO. The highest BCUT2D eigenvalue weighted by molar-refractivity contribution is 6.32. The van der Waals surface area contributed by atoms with Crippen molar-refractivity contribution in [2.45, 2.75) is 37.0 Å². The fraction of sp³-hybridized carbons (Fsp3) is 0.778. The van der Waals surface area contributed by atoms with Crippen LogP contribution in [0.15, 0.2) is 0 Å². The lowest BCUT2D eigenvalue weighted by Crippen LogP contribution is -2.48. The summed E-state index contributed by atoms with van der Waals surface area (Å²) in [6.07, 6.45) is -11.9. The van der Waals surface area contributed by atoms with E-state index in [1.165, 1.54) is 0 Å². The van der Waals surface area contributed by atoms with Gasteiger partial charge in [0.15, 0.2) is 6.17 Å². The fourth-order valence-electron chi connectivity index (χ4n) is 1.14. The van der Waals surface area contributed by atoms with Crippen LogP contribution in [0.5, 0.6) is 0 Å². The van der Waals surface area contributed by atoms with Gasteiger partial charge in [-0.2, -0.15) is 0 Å². The maximum absolute atomic E-state index is 13.2. The number of carboxylic acid groups (broad SMARTS) is 1. The summed E-state index contributed by atoms with van der Waals surface area (Å²) in [5.41, 5.74) is 0. The fourth-order valence-corrected chi connectivity index (χ4v) is 1.14. The third-order valence-corrected chi connectivity index (χ3v) is 2.26. The van der Waals surface area contributed by atoms with E-state index in [9.17, 15) is 29.3 Å². The van der Waals surface area contributed by atoms with Crippen LogP contribution in [0.3, 0.4) is 0 Å². The summed E-state index contributed by atoms with van der Waals surface area (Å²) in [5.74, 6) is -3.27. The van der Waals surface area contributed by atoms with Gasteiger partial charge < -0.3 is 30.6 Å². The second-order valence-electron chi connectivity index (χ2n) is 3.68. The minimum Gasteiger partial charge on any atom is -0.475 e. The molecule has 0 bridgehead atoms. The second kappa shape index (κ2) is 7.34. The van der Waals surface area contributed by atoms with Crippen LogP contribution in [0.25, 0.3) is 0 Å². The molecule has 0 heterocycles. The molecule has 0 aliphatic rings. The van der Waals surface area contributed by atoms with Crippen molar-refractivity contribution in [3.8, 4) is 0 Å². The molecular formula is C9H15FO8. The molecule has 6 N–H and O–H groups in total. The van der Waals surface area contributed by atoms with E-state index in [4.69, 9.17) is 15.3 Å². The van der Waals surface area contributed by atoms with Crippen LogP contribution in [0.1, 0.15) is 6.42 Å². The van der Waals surface area contributed by atoms with Crippen molar-refractivity contribution in [2.24, 2.45) is 0 Å². The number of aliphatic hydroxyl groups excluding tert-OH is 5. The number of rotatable bonds is 8. The number of hydrogen-bond acceptors (Lipinski definition) is 7. The molecule has 0 amide bonds. The van der Waals surface area contributed by atoms with Gasteiger partial charge in [0.1, 0.15) is 18.3 Å². The Morgan fingerprint density at radius 3 is 1.89 bits per heavy atom. The molecule has 18 heavy (non-hydrogen) atoms. The van der Waals surface area contributed by atoms with E-state index in [0.29, 0.717) is 0 Å². The first kappa shape index (κ1) is 16.9. The van der Waals surface area contributed by atoms with Crippen molar-refractivity contribution >= 4 is 11.8 Å². The molecule has 0 spiro atoms. The number of aliphatic carboxylic acids is 1. The van der Waals surface area contributed by atoms with E-state index < -0.39 is 55.4 Å². The first-order chi connectivity index (χ1) is 8.22. The third kappa shape index (κ3) is 4.63. The Hall–Kier alpha value is -1.13. The average Bonchev–Trinajstić information content (AvgIpc) is 2.34. The number of carboxylic acids is 1. The Morgan fingerprint density at radius 2 is 1.50 bits per heavy atom. The van der Waals surface area contributed by atoms with Crippen molar-refractivity contribution in [2.75, 3.05) is 6.61 Å². The predicted octanol–water partition coefficient (Wildman–Crippen LogP) is -3.20. The Labute approximate surface area is 101 Å². The molecule has 106 valence electrons. The Balaban J connectivity index is 4.49. The maximum Gasteiger partial charge on any atom is 0.372 e. The van der Waals surface area contributed by atoms with E-state index in [2.05, 4.69) is 0 Å². The Bertz CT molecular complexity index is 296. The highest BCUT2D eigenvalue weighted by atomic mass is 19.1. The summed E-state index contributed by atoms with van der Waals surface area (Å²) in [5, 5.41) is 53.2. The lowest BCUT2D eigenvalue weighted by Gasteiger charge is -2.26. The second-order valence-corrected chi connectivity index (χ2v) is 3.68. The number of halogens is 1. The van der Waals surface area contributed by atoms with Gasteiger partial charge in [-0.3, -0.25) is 4.79 Å². The summed E-state index contributed by atoms with van der Waals surface area (Å²) in [4.78, 5) is 20.9. The van der Waals surface area contributed by atoms with Gasteiger partial charge >= 0.3 is 5.97 Å². The molecule has 0 fully saturated rings. The van der Waals surface area contributed by atoms with Crippen molar-refractivity contribution < 1.29 is 44.6 Å². The molecule has 0 aromatic carbocycles. The number of Topliss-reactive ketones (excluding diaryl/α,β-unsaturated/α-hetero) is 1. The molecule has 0 unspecified atom stereocenters. The van der Waals surface area contributed by atoms with Gasteiger partial charge in [0.05, 0.1) is 12.7 Å². The predicted molar refractivity (Wildman–Crippen MR) is 53.3 cm³/mol. The Morgan fingerprint density at radius 1 is 1.00 bits per heavy atom. The van der Waals surface area contributed by atoms with Crippen molar-refractivity contribution in [3.63, 3.8) is 0 Å². The number of aliphatic hydroxyl groups is 5. The van der Waals surface area contributed by atoms with E-state index >= 15 is 0 Å². The quantitative estimate of drug-likeness (QED) is 0.252. The molecule has 0 aliphatic heterocycles. The molecule has 0 aliphatic carbocycles. The van der Waals surface area contributed by atoms with Crippen molar-refractivity contribution in [1.29, 1.82) is 0 Å². The number of ketones is 1. The van der Waals surface area contributed by atoms with Gasteiger partial charge in [0.2, 0.25) is 5.78 Å². The highest BCUT2D eigenvalue weighted by Crippen LogP contribution is 2.13. The number of alkyl halides is 1. The van der Waals surface area contributed by atoms with Gasteiger partial charge in [-0.1, -0.05) is 0 Å². The average molecular weight is 270 g/mol. The standard InChI is InChI=1S/C9H15FO8/c10-6(5(14)2-11)8(16)7(15)3(12)1-4(13)9(17)18/h3,5-8,11-12,14-16H,1-2H2,(H,17,18)/t3-,5+,6+,7+,8-/m0/s1. The minimum absolute atomic E-state index is 1.02. The zero-order valence-corrected chi connectivity index (χ0v) is 9.18. The summed E-state index contributed by atoms with van der Waals surface area (Å²) in [6.45, 7) is -1.02. The molecular weight excluding hydrogens is 255 g/mol. The van der Waals surface area contributed by atoms with Gasteiger partial charge in [0.25, 0.3) is 0 Å².